The van der Waals surface area contributed by atoms with Crippen LogP contribution in [0.1, 0.15) is 20.8 Å². The minimum absolute atomic E-state index is 0.199. The van der Waals surface area contributed by atoms with Gasteiger partial charge < -0.3 is 14.5 Å². The summed E-state index contributed by atoms with van der Waals surface area (Å²) in [7, 11) is 0. The van der Waals surface area contributed by atoms with Crippen molar-refractivity contribution in [2.75, 3.05) is 31.1 Å². The molecule has 2 aliphatic rings. The quantitative estimate of drug-likeness (QED) is 0.726. The monoisotopic (exact) mass is 407 g/mol. The molecule has 2 aromatic rings. The van der Waals surface area contributed by atoms with Gasteiger partial charge in [-0.2, -0.15) is 0 Å². The van der Waals surface area contributed by atoms with Crippen molar-refractivity contribution in [3.05, 3.63) is 22.9 Å². The lowest BCUT2D eigenvalue weighted by Gasteiger charge is -2.26. The Kier molecular flexibility index (Phi) is 3.90. The van der Waals surface area contributed by atoms with E-state index in [-0.39, 0.29) is 6.09 Å². The van der Waals surface area contributed by atoms with Crippen LogP contribution >= 0.6 is 15.9 Å². The minimum atomic E-state index is -0.446. The average Bonchev–Trinajstić information content (AvgIpc) is 3.18. The van der Waals surface area contributed by atoms with Crippen molar-refractivity contribution in [3.8, 4) is 0 Å². The lowest BCUT2D eigenvalue weighted by molar-refractivity contribution is 0.0282. The smallest absolute Gasteiger partial charge is 0.410 e. The van der Waals surface area contributed by atoms with Gasteiger partial charge in [0.25, 0.3) is 0 Å². The summed E-state index contributed by atoms with van der Waals surface area (Å²) in [4.78, 5) is 20.7. The number of rotatable bonds is 1. The van der Waals surface area contributed by atoms with Crippen LogP contribution in [0.4, 0.5) is 10.6 Å². The van der Waals surface area contributed by atoms with Crippen LogP contribution in [0.5, 0.6) is 0 Å². The van der Waals surface area contributed by atoms with E-state index in [1.165, 1.54) is 0 Å². The molecule has 0 spiro atoms. The molecule has 7 nitrogen and oxygen atoms in total. The van der Waals surface area contributed by atoms with E-state index >= 15 is 0 Å². The van der Waals surface area contributed by atoms with Crippen molar-refractivity contribution in [3.63, 3.8) is 0 Å². The first-order valence-electron chi connectivity index (χ1n) is 8.53. The molecule has 4 heterocycles. The predicted octanol–water partition coefficient (Wildman–Crippen LogP) is 2.79. The minimum Gasteiger partial charge on any atom is -0.444 e. The van der Waals surface area contributed by atoms with Crippen LogP contribution in [0.25, 0.3) is 5.65 Å². The van der Waals surface area contributed by atoms with E-state index in [0.29, 0.717) is 11.8 Å². The second kappa shape index (κ2) is 5.86. The van der Waals surface area contributed by atoms with Gasteiger partial charge in [0.15, 0.2) is 5.65 Å². The zero-order chi connectivity index (χ0) is 17.8. The molecule has 0 N–H and O–H groups in total. The highest BCUT2D eigenvalue weighted by molar-refractivity contribution is 9.10. The number of carbonyl (C=O) groups is 1. The number of ether oxygens (including phenoxy) is 1. The fourth-order valence-corrected chi connectivity index (χ4v) is 4.02. The summed E-state index contributed by atoms with van der Waals surface area (Å²) in [6, 6.07) is 4.00. The van der Waals surface area contributed by atoms with Gasteiger partial charge in [-0.15, -0.1) is 5.10 Å². The molecule has 2 atom stereocenters. The van der Waals surface area contributed by atoms with Crippen molar-refractivity contribution < 1.29 is 9.53 Å². The zero-order valence-electron chi connectivity index (χ0n) is 14.6. The van der Waals surface area contributed by atoms with Crippen LogP contribution in [0.15, 0.2) is 22.9 Å². The number of likely N-dealkylation sites (tertiary alicyclic amines) is 1. The molecule has 2 saturated heterocycles. The highest BCUT2D eigenvalue weighted by Crippen LogP contribution is 2.34. The number of amides is 1. The van der Waals surface area contributed by atoms with Gasteiger partial charge in [-0.05, 0) is 48.8 Å². The van der Waals surface area contributed by atoms with Gasteiger partial charge >= 0.3 is 6.09 Å². The number of imidazole rings is 1. The van der Waals surface area contributed by atoms with Crippen molar-refractivity contribution in [2.45, 2.75) is 26.4 Å². The van der Waals surface area contributed by atoms with Crippen LogP contribution in [0, 0.1) is 11.8 Å². The number of hydrogen-bond acceptors (Lipinski definition) is 5. The molecule has 0 aromatic carbocycles. The molecular formula is C17H22BrN5O2. The Bertz CT molecular complexity index is 801. The Morgan fingerprint density at radius 2 is 1.88 bits per heavy atom. The second-order valence-corrected chi connectivity index (χ2v) is 8.67. The van der Waals surface area contributed by atoms with Crippen LogP contribution in [0.2, 0.25) is 0 Å². The van der Waals surface area contributed by atoms with E-state index in [1.54, 1.807) is 10.7 Å². The van der Waals surface area contributed by atoms with E-state index in [2.05, 4.69) is 30.9 Å². The van der Waals surface area contributed by atoms with Gasteiger partial charge in [0.1, 0.15) is 16.0 Å². The lowest BCUT2D eigenvalue weighted by atomic mass is 10.0. The molecule has 2 fully saturated rings. The third kappa shape index (κ3) is 3.19. The van der Waals surface area contributed by atoms with Crippen molar-refractivity contribution in [1.29, 1.82) is 0 Å². The molecule has 4 rings (SSSR count). The van der Waals surface area contributed by atoms with E-state index in [4.69, 9.17) is 4.74 Å². The molecule has 0 aliphatic carbocycles. The molecule has 0 radical (unpaired) electrons. The fourth-order valence-electron chi connectivity index (χ4n) is 3.66. The SMILES string of the molecule is CC(C)(C)OC(=O)N1CC2CN(c3ccc4ncc(Br)n4n3)CC2C1. The van der Waals surface area contributed by atoms with Crippen molar-refractivity contribution >= 4 is 33.5 Å². The molecule has 1 amide bonds. The Morgan fingerprint density at radius 3 is 2.52 bits per heavy atom. The number of nitrogens with zero attached hydrogens (tertiary/aromatic N) is 5. The van der Waals surface area contributed by atoms with E-state index in [0.717, 1.165) is 42.2 Å². The zero-order valence-corrected chi connectivity index (χ0v) is 16.2. The van der Waals surface area contributed by atoms with Crippen molar-refractivity contribution in [1.82, 2.24) is 19.5 Å². The van der Waals surface area contributed by atoms with Gasteiger partial charge in [-0.25, -0.2) is 14.3 Å². The highest BCUT2D eigenvalue weighted by Gasteiger charge is 2.43. The highest BCUT2D eigenvalue weighted by atomic mass is 79.9. The maximum absolute atomic E-state index is 12.3. The maximum Gasteiger partial charge on any atom is 0.410 e. The molecule has 0 bridgehead atoms. The van der Waals surface area contributed by atoms with Gasteiger partial charge in [-0.3, -0.25) is 0 Å². The average molecular weight is 408 g/mol. The van der Waals surface area contributed by atoms with Crippen LogP contribution in [-0.4, -0.2) is 57.4 Å². The second-order valence-electron chi connectivity index (χ2n) is 7.85. The molecular weight excluding hydrogens is 386 g/mol. The molecule has 25 heavy (non-hydrogen) atoms. The number of carbonyl (C=O) groups excluding carboxylic acids is 1. The van der Waals surface area contributed by atoms with Gasteiger partial charge in [-0.1, -0.05) is 0 Å². The number of anilines is 1. The predicted molar refractivity (Wildman–Crippen MR) is 97.7 cm³/mol. The summed E-state index contributed by atoms with van der Waals surface area (Å²) >= 11 is 3.47. The molecule has 0 saturated carbocycles. The third-order valence-corrected chi connectivity index (χ3v) is 5.31. The van der Waals surface area contributed by atoms with E-state index < -0.39 is 5.60 Å². The van der Waals surface area contributed by atoms with Crippen LogP contribution in [-0.2, 0) is 4.74 Å². The summed E-state index contributed by atoms with van der Waals surface area (Å²) in [5, 5.41) is 4.67. The Labute approximate surface area is 155 Å². The summed E-state index contributed by atoms with van der Waals surface area (Å²) in [6.07, 6.45) is 1.55. The Balaban J connectivity index is 1.43. The number of aromatic nitrogens is 3. The molecule has 2 aliphatic heterocycles. The summed E-state index contributed by atoms with van der Waals surface area (Å²) in [5.74, 6) is 1.89. The lowest BCUT2D eigenvalue weighted by Crippen LogP contribution is -2.37. The molecule has 8 heteroatoms. The number of hydrogen-bond donors (Lipinski definition) is 0. The standard InChI is InChI=1S/C17H22BrN5O2/c1-17(2,3)25-16(24)22-9-11-7-21(8-12(11)10-22)15-5-4-14-19-6-13(18)23(14)20-15/h4-6,11-12H,7-10H2,1-3H3. The summed E-state index contributed by atoms with van der Waals surface area (Å²) in [5.41, 5.74) is 0.379. The largest absolute Gasteiger partial charge is 0.444 e. The first-order chi connectivity index (χ1) is 11.8. The fraction of sp³-hybridized carbons (Fsp3) is 0.588. The van der Waals surface area contributed by atoms with Crippen LogP contribution in [0.3, 0.4) is 0 Å². The van der Waals surface area contributed by atoms with Gasteiger partial charge in [0.05, 0.1) is 6.20 Å². The molecule has 2 unspecified atom stereocenters. The topological polar surface area (TPSA) is 63.0 Å². The first-order valence-corrected chi connectivity index (χ1v) is 9.32. The molecule has 134 valence electrons. The maximum atomic E-state index is 12.3. The summed E-state index contributed by atoms with van der Waals surface area (Å²) < 4.78 is 8.15. The van der Waals surface area contributed by atoms with E-state index in [1.807, 2.05) is 37.8 Å². The Hall–Kier alpha value is -1.83. The summed E-state index contributed by atoms with van der Waals surface area (Å²) in [6.45, 7) is 9.04. The first kappa shape index (κ1) is 16.6. The Morgan fingerprint density at radius 1 is 1.20 bits per heavy atom. The van der Waals surface area contributed by atoms with Crippen LogP contribution < -0.4 is 4.90 Å². The third-order valence-electron chi connectivity index (χ3n) is 4.77. The van der Waals surface area contributed by atoms with Crippen molar-refractivity contribution in [2.24, 2.45) is 11.8 Å². The van der Waals surface area contributed by atoms with Gasteiger partial charge in [0, 0.05) is 38.0 Å². The number of halogens is 1. The van der Waals surface area contributed by atoms with E-state index in [9.17, 15) is 4.79 Å². The molecule has 2 aromatic heterocycles. The normalized spacial score (nSPS) is 23.4. The van der Waals surface area contributed by atoms with Gasteiger partial charge in [0.2, 0.25) is 0 Å². The number of fused-ring (bicyclic) bond motifs is 2.